The fraction of sp³-hybridized carbons (Fsp3) is 0.600. The van der Waals surface area contributed by atoms with Gasteiger partial charge in [-0.05, 0) is 0 Å². The van der Waals surface area contributed by atoms with Gasteiger partial charge in [0.15, 0.2) is 6.10 Å². The van der Waals surface area contributed by atoms with Crippen LogP contribution in [0, 0.1) is 23.0 Å². The molecule has 0 aromatic heterocycles. The Balaban J connectivity index is 3.44. The highest BCUT2D eigenvalue weighted by Crippen LogP contribution is 1.87. The zero-order valence-electron chi connectivity index (χ0n) is 5.28. The van der Waals surface area contributed by atoms with Crippen molar-refractivity contribution in [3.8, 4) is 12.5 Å². The van der Waals surface area contributed by atoms with Gasteiger partial charge in [-0.1, -0.05) is 0 Å². The van der Waals surface area contributed by atoms with Crippen LogP contribution in [-0.2, 0) is 9.47 Å². The van der Waals surface area contributed by atoms with E-state index in [2.05, 4.69) is 9.47 Å². The normalized spacial score (nSPS) is 10.7. The molecule has 0 aromatic carbocycles. The Labute approximate surface area is 58.6 Å². The fourth-order valence-electron chi connectivity index (χ4n) is 0.355. The lowest BCUT2D eigenvalue weighted by Crippen LogP contribution is -2.26. The van der Waals surface area contributed by atoms with E-state index >= 15 is 0 Å². The van der Waals surface area contributed by atoms with Gasteiger partial charge in [0.2, 0.25) is 0 Å². The molecular formula is C5H7N3O2. The molecule has 0 radical (unpaired) electrons. The topological polar surface area (TPSA) is 92.1 Å². The lowest BCUT2D eigenvalue weighted by Gasteiger charge is -2.07. The molecule has 0 aliphatic rings. The molecule has 0 aliphatic heterocycles. The van der Waals surface area contributed by atoms with Crippen molar-refractivity contribution in [1.82, 2.24) is 0 Å². The number of nitriles is 2. The Hall–Kier alpha value is -1.46. The minimum absolute atomic E-state index is 0.0283. The van der Waals surface area contributed by atoms with E-state index in [0.29, 0.717) is 0 Å². The average Bonchev–Trinajstić information content (AvgIpc) is 1.98. The van der Waals surface area contributed by atoms with Gasteiger partial charge in [0.05, 0.1) is 0 Å². The van der Waals surface area contributed by atoms with Crippen LogP contribution in [0.15, 0.2) is 0 Å². The molecule has 0 rings (SSSR count). The second kappa shape index (κ2) is 5.67. The number of ether oxygens (including phenoxy) is 2. The van der Waals surface area contributed by atoms with Gasteiger partial charge in [0.25, 0.3) is 12.5 Å². The van der Waals surface area contributed by atoms with E-state index in [0.717, 1.165) is 0 Å². The summed E-state index contributed by atoms with van der Waals surface area (Å²) in [5, 5.41) is 15.9. The number of hydrogen-bond donors (Lipinski definition) is 1. The van der Waals surface area contributed by atoms with Crippen molar-refractivity contribution in [2.45, 2.75) is 6.10 Å². The minimum Gasteiger partial charge on any atom is -0.423 e. The number of rotatable bonds is 4. The summed E-state index contributed by atoms with van der Waals surface area (Å²) >= 11 is 0. The summed E-state index contributed by atoms with van der Waals surface area (Å²) < 4.78 is 8.69. The van der Waals surface area contributed by atoms with E-state index in [1.54, 1.807) is 0 Å². The molecule has 10 heavy (non-hydrogen) atoms. The van der Waals surface area contributed by atoms with Crippen molar-refractivity contribution in [2.24, 2.45) is 5.73 Å². The van der Waals surface area contributed by atoms with Crippen LogP contribution in [0.1, 0.15) is 0 Å². The first-order valence-electron chi connectivity index (χ1n) is 2.60. The first kappa shape index (κ1) is 8.54. The first-order valence-corrected chi connectivity index (χ1v) is 2.60. The Morgan fingerprint density at radius 2 is 2.10 bits per heavy atom. The first-order chi connectivity index (χ1) is 4.85. The average molecular weight is 141 g/mol. The second-order valence-electron chi connectivity index (χ2n) is 1.47. The van der Waals surface area contributed by atoms with Gasteiger partial charge < -0.3 is 15.2 Å². The monoisotopic (exact) mass is 141 g/mol. The van der Waals surface area contributed by atoms with Crippen molar-refractivity contribution < 1.29 is 9.47 Å². The number of nitrogens with two attached hydrogens (primary N) is 1. The summed E-state index contributed by atoms with van der Waals surface area (Å²) in [6.07, 6.45) is 2.39. The van der Waals surface area contributed by atoms with Gasteiger partial charge in [-0.2, -0.15) is 10.5 Å². The van der Waals surface area contributed by atoms with Crippen molar-refractivity contribution >= 4 is 0 Å². The third-order valence-electron chi connectivity index (χ3n) is 0.816. The zero-order valence-corrected chi connectivity index (χ0v) is 5.28. The predicted octanol–water partition coefficient (Wildman–Crippen LogP) is -0.691. The van der Waals surface area contributed by atoms with Gasteiger partial charge in [-0.15, -0.1) is 0 Å². The molecule has 54 valence electrons. The lowest BCUT2D eigenvalue weighted by atomic mass is 10.4. The molecule has 0 fully saturated rings. The highest BCUT2D eigenvalue weighted by Gasteiger charge is 2.06. The predicted molar refractivity (Wildman–Crippen MR) is 31.1 cm³/mol. The van der Waals surface area contributed by atoms with Crippen LogP contribution in [-0.4, -0.2) is 19.3 Å². The Morgan fingerprint density at radius 3 is 2.50 bits per heavy atom. The maximum Gasteiger partial charge on any atom is 0.286 e. The quantitative estimate of drug-likeness (QED) is 0.523. The summed E-state index contributed by atoms with van der Waals surface area (Å²) in [6.45, 7) is 0.190. The van der Waals surface area contributed by atoms with Crippen LogP contribution in [0.5, 0.6) is 0 Å². The Morgan fingerprint density at radius 1 is 1.40 bits per heavy atom. The largest absolute Gasteiger partial charge is 0.423 e. The SMILES string of the molecule is N#COCC(CN)OC#N. The summed E-state index contributed by atoms with van der Waals surface area (Å²) in [7, 11) is 0. The summed E-state index contributed by atoms with van der Waals surface area (Å²) in [5.74, 6) is 0. The van der Waals surface area contributed by atoms with Gasteiger partial charge >= 0.3 is 0 Å². The highest BCUT2D eigenvalue weighted by molar-refractivity contribution is 4.64. The van der Waals surface area contributed by atoms with Crippen LogP contribution >= 0.6 is 0 Å². The maximum absolute atomic E-state index is 8.00. The van der Waals surface area contributed by atoms with Gasteiger partial charge in [0, 0.05) is 6.54 Å². The van der Waals surface area contributed by atoms with E-state index in [9.17, 15) is 0 Å². The summed E-state index contributed by atoms with van der Waals surface area (Å²) in [4.78, 5) is 0. The van der Waals surface area contributed by atoms with Crippen LogP contribution < -0.4 is 5.73 Å². The maximum atomic E-state index is 8.00. The van der Waals surface area contributed by atoms with Gasteiger partial charge in [-0.25, -0.2) is 0 Å². The summed E-state index contributed by atoms with van der Waals surface area (Å²) in [5.41, 5.74) is 5.13. The molecule has 5 heteroatoms. The lowest BCUT2D eigenvalue weighted by molar-refractivity contribution is 0.0913. The van der Waals surface area contributed by atoms with E-state index in [1.807, 2.05) is 0 Å². The van der Waals surface area contributed by atoms with E-state index in [-0.39, 0.29) is 13.2 Å². The van der Waals surface area contributed by atoms with Crippen molar-refractivity contribution in [3.63, 3.8) is 0 Å². The molecule has 0 saturated heterocycles. The van der Waals surface area contributed by atoms with Crippen LogP contribution in [0.2, 0.25) is 0 Å². The van der Waals surface area contributed by atoms with Gasteiger partial charge in [0.1, 0.15) is 6.61 Å². The molecular weight excluding hydrogens is 134 g/mol. The van der Waals surface area contributed by atoms with Crippen LogP contribution in [0.4, 0.5) is 0 Å². The molecule has 1 unspecified atom stereocenters. The molecule has 0 amide bonds. The molecule has 0 spiro atoms. The zero-order chi connectivity index (χ0) is 7.82. The standard InChI is InChI=1S/C5H7N3O2/c6-1-5(10-4-8)2-9-3-7/h5H,1-2,6H2. The number of nitrogens with zero attached hydrogens (tertiary/aromatic N) is 2. The minimum atomic E-state index is -0.510. The third kappa shape index (κ3) is 3.53. The molecule has 0 aromatic rings. The molecule has 0 saturated carbocycles. The van der Waals surface area contributed by atoms with Crippen molar-refractivity contribution in [1.29, 1.82) is 10.5 Å². The van der Waals surface area contributed by atoms with Gasteiger partial charge in [-0.3, -0.25) is 0 Å². The molecule has 5 nitrogen and oxygen atoms in total. The molecule has 0 aliphatic carbocycles. The van der Waals surface area contributed by atoms with Crippen LogP contribution in [0.25, 0.3) is 0 Å². The Bertz CT molecular complexity index is 157. The molecule has 0 bridgehead atoms. The fourth-order valence-corrected chi connectivity index (χ4v) is 0.355. The second-order valence-corrected chi connectivity index (χ2v) is 1.47. The van der Waals surface area contributed by atoms with Crippen molar-refractivity contribution in [3.05, 3.63) is 0 Å². The van der Waals surface area contributed by atoms with E-state index in [4.69, 9.17) is 16.3 Å². The third-order valence-corrected chi connectivity index (χ3v) is 0.816. The van der Waals surface area contributed by atoms with Crippen molar-refractivity contribution in [2.75, 3.05) is 13.2 Å². The summed E-state index contributed by atoms with van der Waals surface area (Å²) in [6, 6.07) is 0. The molecule has 0 heterocycles. The molecule has 1 atom stereocenters. The van der Waals surface area contributed by atoms with E-state index in [1.165, 1.54) is 12.5 Å². The highest BCUT2D eigenvalue weighted by atomic mass is 16.5. The molecule has 2 N–H and O–H groups in total. The van der Waals surface area contributed by atoms with Crippen LogP contribution in [0.3, 0.4) is 0 Å². The Kier molecular flexibility index (Phi) is 4.84. The smallest absolute Gasteiger partial charge is 0.286 e. The van der Waals surface area contributed by atoms with E-state index < -0.39 is 6.10 Å². The number of hydrogen-bond acceptors (Lipinski definition) is 5.